The van der Waals surface area contributed by atoms with Gasteiger partial charge in [-0.15, -0.1) is 0 Å². The summed E-state index contributed by atoms with van der Waals surface area (Å²) < 4.78 is 10.9. The number of hydrogen-bond acceptors (Lipinski definition) is 4. The summed E-state index contributed by atoms with van der Waals surface area (Å²) in [7, 11) is 0. The van der Waals surface area contributed by atoms with E-state index in [0.717, 1.165) is 15.9 Å². The van der Waals surface area contributed by atoms with E-state index in [2.05, 4.69) is 26.4 Å². The van der Waals surface area contributed by atoms with Gasteiger partial charge in [-0.3, -0.25) is 0 Å². The van der Waals surface area contributed by atoms with Crippen LogP contribution in [0.1, 0.15) is 11.5 Å². The van der Waals surface area contributed by atoms with E-state index in [4.69, 9.17) is 8.94 Å². The van der Waals surface area contributed by atoms with Gasteiger partial charge in [0, 0.05) is 12.6 Å². The molecule has 5 heteroatoms. The van der Waals surface area contributed by atoms with E-state index < -0.39 is 0 Å². The fraction of sp³-hybridized carbons (Fsp3) is 0.222. The number of nitrogens with one attached hydrogen (secondary N) is 1. The molecule has 0 atom stereocenters. The third-order valence-corrected chi connectivity index (χ3v) is 2.48. The molecule has 1 N–H and O–H groups in total. The van der Waals surface area contributed by atoms with Crippen LogP contribution >= 0.6 is 15.9 Å². The summed E-state index contributed by atoms with van der Waals surface area (Å²) in [6.45, 7) is 1.34. The summed E-state index contributed by atoms with van der Waals surface area (Å²) in [6.07, 6.45) is 3.21. The number of halogens is 1. The van der Waals surface area contributed by atoms with Crippen molar-refractivity contribution in [3.8, 4) is 0 Å². The fourth-order valence-electron chi connectivity index (χ4n) is 1.08. The van der Waals surface area contributed by atoms with Crippen molar-refractivity contribution in [1.82, 2.24) is 10.5 Å². The highest BCUT2D eigenvalue weighted by Gasteiger charge is 2.02. The summed E-state index contributed by atoms with van der Waals surface area (Å²) in [5, 5.41) is 6.96. The molecule has 0 aliphatic heterocycles. The van der Waals surface area contributed by atoms with Crippen molar-refractivity contribution >= 4 is 15.9 Å². The molecule has 2 aromatic heterocycles. The Morgan fingerprint density at radius 3 is 2.86 bits per heavy atom. The highest BCUT2D eigenvalue weighted by atomic mass is 79.9. The standard InChI is InChI=1S/C9H9BrN2O2/c10-8-2-3-13-9(8)6-11-5-7-1-4-14-12-7/h1-4,11H,5-6H2. The van der Waals surface area contributed by atoms with E-state index >= 15 is 0 Å². The number of hydrogen-bond donors (Lipinski definition) is 1. The third-order valence-electron chi connectivity index (χ3n) is 1.77. The van der Waals surface area contributed by atoms with E-state index in [1.165, 1.54) is 0 Å². The predicted molar refractivity (Wildman–Crippen MR) is 53.5 cm³/mol. The highest BCUT2D eigenvalue weighted by molar-refractivity contribution is 9.10. The van der Waals surface area contributed by atoms with Crippen LogP contribution < -0.4 is 5.32 Å². The molecule has 74 valence electrons. The minimum absolute atomic E-state index is 0.667. The van der Waals surface area contributed by atoms with Crippen LogP contribution in [0.5, 0.6) is 0 Å². The molecule has 0 fully saturated rings. The first-order valence-corrected chi connectivity index (χ1v) is 4.97. The van der Waals surface area contributed by atoms with Gasteiger partial charge >= 0.3 is 0 Å². The van der Waals surface area contributed by atoms with Gasteiger partial charge in [-0.25, -0.2) is 0 Å². The maximum absolute atomic E-state index is 5.23. The molecule has 4 nitrogen and oxygen atoms in total. The zero-order chi connectivity index (χ0) is 9.80. The van der Waals surface area contributed by atoms with Crippen molar-refractivity contribution in [2.75, 3.05) is 0 Å². The van der Waals surface area contributed by atoms with Crippen LogP contribution in [0.4, 0.5) is 0 Å². The van der Waals surface area contributed by atoms with Gasteiger partial charge in [-0.2, -0.15) is 0 Å². The Kier molecular flexibility index (Phi) is 3.00. The van der Waals surface area contributed by atoms with Crippen LogP contribution in [0.15, 0.2) is 38.1 Å². The summed E-state index contributed by atoms with van der Waals surface area (Å²) in [5.74, 6) is 0.883. The molecule has 0 saturated heterocycles. The number of furan rings is 1. The lowest BCUT2D eigenvalue weighted by Gasteiger charge is -1.99. The molecular weight excluding hydrogens is 248 g/mol. The third kappa shape index (κ3) is 2.24. The van der Waals surface area contributed by atoms with Gasteiger partial charge in [0.15, 0.2) is 0 Å². The molecule has 0 saturated carbocycles. The van der Waals surface area contributed by atoms with Crippen LogP contribution in [-0.2, 0) is 13.1 Å². The van der Waals surface area contributed by atoms with Gasteiger partial charge < -0.3 is 14.3 Å². The second-order valence-electron chi connectivity index (χ2n) is 2.79. The molecule has 14 heavy (non-hydrogen) atoms. The average molecular weight is 257 g/mol. The van der Waals surface area contributed by atoms with Gasteiger partial charge in [-0.05, 0) is 22.0 Å². The van der Waals surface area contributed by atoms with Crippen LogP contribution in [0, 0.1) is 0 Å². The summed E-state index contributed by atoms with van der Waals surface area (Å²) in [4.78, 5) is 0. The zero-order valence-corrected chi connectivity index (χ0v) is 8.95. The van der Waals surface area contributed by atoms with Gasteiger partial charge in [0.2, 0.25) is 0 Å². The quantitative estimate of drug-likeness (QED) is 0.913. The summed E-state index contributed by atoms with van der Waals surface area (Å²) >= 11 is 3.38. The van der Waals surface area contributed by atoms with E-state index in [0.29, 0.717) is 13.1 Å². The minimum atomic E-state index is 0.667. The van der Waals surface area contributed by atoms with E-state index in [1.807, 2.05) is 12.1 Å². The molecule has 0 aliphatic carbocycles. The molecule has 0 aromatic carbocycles. The van der Waals surface area contributed by atoms with E-state index in [-0.39, 0.29) is 0 Å². The SMILES string of the molecule is Brc1ccoc1CNCc1ccon1. The second-order valence-corrected chi connectivity index (χ2v) is 3.64. The molecule has 2 aromatic rings. The van der Waals surface area contributed by atoms with Crippen LogP contribution in [0.3, 0.4) is 0 Å². The Bertz CT molecular complexity index is 383. The monoisotopic (exact) mass is 256 g/mol. The number of rotatable bonds is 4. The lowest BCUT2D eigenvalue weighted by atomic mass is 10.4. The van der Waals surface area contributed by atoms with Crippen molar-refractivity contribution in [2.45, 2.75) is 13.1 Å². The van der Waals surface area contributed by atoms with Gasteiger partial charge in [0.05, 0.1) is 23.0 Å². The first-order chi connectivity index (χ1) is 6.86. The first-order valence-electron chi connectivity index (χ1n) is 4.18. The Hall–Kier alpha value is -1.07. The number of nitrogens with zero attached hydrogens (tertiary/aromatic N) is 1. The van der Waals surface area contributed by atoms with Crippen molar-refractivity contribution in [3.05, 3.63) is 40.6 Å². The topological polar surface area (TPSA) is 51.2 Å². The molecule has 2 rings (SSSR count). The molecule has 2 heterocycles. The van der Waals surface area contributed by atoms with Gasteiger partial charge in [0.1, 0.15) is 12.0 Å². The predicted octanol–water partition coefficient (Wildman–Crippen LogP) is 2.32. The molecule has 0 spiro atoms. The van der Waals surface area contributed by atoms with Crippen molar-refractivity contribution in [2.24, 2.45) is 0 Å². The smallest absolute Gasteiger partial charge is 0.131 e. The summed E-state index contributed by atoms with van der Waals surface area (Å²) in [6, 6.07) is 3.69. The lowest BCUT2D eigenvalue weighted by Crippen LogP contribution is -2.12. The fourth-order valence-corrected chi connectivity index (χ4v) is 1.43. The molecule has 0 unspecified atom stereocenters. The van der Waals surface area contributed by atoms with E-state index in [1.54, 1.807) is 12.5 Å². The maximum Gasteiger partial charge on any atom is 0.131 e. The van der Waals surface area contributed by atoms with Gasteiger partial charge in [-0.1, -0.05) is 5.16 Å². The zero-order valence-electron chi connectivity index (χ0n) is 7.37. The Morgan fingerprint density at radius 2 is 2.21 bits per heavy atom. The lowest BCUT2D eigenvalue weighted by molar-refractivity contribution is 0.406. The van der Waals surface area contributed by atoms with Crippen molar-refractivity contribution < 1.29 is 8.94 Å². The van der Waals surface area contributed by atoms with Gasteiger partial charge in [0.25, 0.3) is 0 Å². The Balaban J connectivity index is 1.81. The molecular formula is C9H9BrN2O2. The molecule has 0 bridgehead atoms. The Morgan fingerprint density at radius 1 is 1.29 bits per heavy atom. The molecule has 0 radical (unpaired) electrons. The molecule has 0 aliphatic rings. The highest BCUT2D eigenvalue weighted by Crippen LogP contribution is 2.16. The van der Waals surface area contributed by atoms with Crippen LogP contribution in [-0.4, -0.2) is 5.16 Å². The second kappa shape index (κ2) is 4.43. The molecule has 0 amide bonds. The van der Waals surface area contributed by atoms with Crippen molar-refractivity contribution in [3.63, 3.8) is 0 Å². The van der Waals surface area contributed by atoms with Crippen molar-refractivity contribution in [1.29, 1.82) is 0 Å². The summed E-state index contributed by atoms with van der Waals surface area (Å²) in [5.41, 5.74) is 0.882. The average Bonchev–Trinajstić information content (AvgIpc) is 2.78. The normalized spacial score (nSPS) is 10.6. The largest absolute Gasteiger partial charge is 0.467 e. The van der Waals surface area contributed by atoms with E-state index in [9.17, 15) is 0 Å². The maximum atomic E-state index is 5.23. The van der Waals surface area contributed by atoms with Crippen LogP contribution in [0.2, 0.25) is 0 Å². The number of aromatic nitrogens is 1. The first kappa shape index (κ1) is 9.48. The Labute approximate surface area is 89.4 Å². The minimum Gasteiger partial charge on any atom is -0.467 e. The van der Waals surface area contributed by atoms with Crippen LogP contribution in [0.25, 0.3) is 0 Å².